The highest BCUT2D eigenvalue weighted by Gasteiger charge is 2.36. The van der Waals surface area contributed by atoms with Crippen LogP contribution in [-0.2, 0) is 14.9 Å². The van der Waals surface area contributed by atoms with E-state index in [0.29, 0.717) is 22.3 Å². The molecule has 4 heteroatoms. The highest BCUT2D eigenvalue weighted by atomic mass is 19.1. The van der Waals surface area contributed by atoms with Gasteiger partial charge in [-0.2, -0.15) is 0 Å². The van der Waals surface area contributed by atoms with Crippen molar-refractivity contribution < 1.29 is 18.7 Å². The highest BCUT2D eigenvalue weighted by molar-refractivity contribution is 6.20. The summed E-state index contributed by atoms with van der Waals surface area (Å²) in [5.74, 6) is -0.962. The third kappa shape index (κ3) is 2.15. The Morgan fingerprint density at radius 2 is 1.85 bits per heavy atom. The first-order valence-electron chi connectivity index (χ1n) is 6.42. The molecule has 1 aromatic rings. The Morgan fingerprint density at radius 1 is 1.25 bits per heavy atom. The van der Waals surface area contributed by atoms with E-state index in [2.05, 4.69) is 0 Å². The summed E-state index contributed by atoms with van der Waals surface area (Å²) < 4.78 is 19.4. The molecule has 0 spiro atoms. The summed E-state index contributed by atoms with van der Waals surface area (Å²) in [7, 11) is 0. The zero-order valence-electron chi connectivity index (χ0n) is 12.3. The Kier molecular flexibility index (Phi) is 3.28. The largest absolute Gasteiger partial charge is 0.426 e. The van der Waals surface area contributed by atoms with Crippen molar-refractivity contribution >= 4 is 17.5 Å². The zero-order valence-corrected chi connectivity index (χ0v) is 12.3. The molecule has 0 unspecified atom stereocenters. The Labute approximate surface area is 117 Å². The van der Waals surface area contributed by atoms with Gasteiger partial charge in [0.05, 0.1) is 0 Å². The summed E-state index contributed by atoms with van der Waals surface area (Å²) in [4.78, 5) is 23.5. The van der Waals surface area contributed by atoms with Crippen molar-refractivity contribution in [3.8, 4) is 0 Å². The molecule has 0 atom stereocenters. The zero-order chi connectivity index (χ0) is 15.2. The first-order chi connectivity index (χ1) is 9.14. The van der Waals surface area contributed by atoms with Gasteiger partial charge in [0.1, 0.15) is 11.6 Å². The first-order valence-corrected chi connectivity index (χ1v) is 6.42. The fraction of sp³-hybridized carbons (Fsp3) is 0.375. The topological polar surface area (TPSA) is 43.4 Å². The van der Waals surface area contributed by atoms with Crippen molar-refractivity contribution in [2.75, 3.05) is 0 Å². The van der Waals surface area contributed by atoms with Crippen molar-refractivity contribution in [3.05, 3.63) is 40.2 Å². The van der Waals surface area contributed by atoms with Crippen LogP contribution in [0.2, 0.25) is 0 Å². The van der Waals surface area contributed by atoms with Gasteiger partial charge >= 0.3 is 5.97 Å². The lowest BCUT2D eigenvalue weighted by atomic mass is 9.82. The number of allylic oxidation sites excluding steroid dienone is 1. The van der Waals surface area contributed by atoms with Crippen molar-refractivity contribution in [3.63, 3.8) is 0 Å². The van der Waals surface area contributed by atoms with Crippen LogP contribution >= 0.6 is 0 Å². The summed E-state index contributed by atoms with van der Waals surface area (Å²) in [6, 6.07) is 2.74. The van der Waals surface area contributed by atoms with Crippen molar-refractivity contribution in [1.82, 2.24) is 0 Å². The van der Waals surface area contributed by atoms with E-state index >= 15 is 0 Å². The van der Waals surface area contributed by atoms with Gasteiger partial charge in [0.25, 0.3) is 0 Å². The number of hydrogen-bond acceptors (Lipinski definition) is 3. The Morgan fingerprint density at radius 3 is 2.35 bits per heavy atom. The molecule has 2 rings (SSSR count). The molecule has 0 heterocycles. The number of ether oxygens (including phenoxy) is 1. The van der Waals surface area contributed by atoms with Gasteiger partial charge in [0, 0.05) is 29.2 Å². The molecular formula is C16H17FO3. The maximum Gasteiger partial charge on any atom is 0.308 e. The Bertz CT molecular complexity index is 648. The smallest absolute Gasteiger partial charge is 0.308 e. The van der Waals surface area contributed by atoms with Gasteiger partial charge in [0.2, 0.25) is 0 Å². The Balaban J connectivity index is 2.79. The summed E-state index contributed by atoms with van der Waals surface area (Å²) in [6.07, 6.45) is 0. The summed E-state index contributed by atoms with van der Waals surface area (Å²) >= 11 is 0. The lowest BCUT2D eigenvalue weighted by molar-refractivity contribution is -0.134. The van der Waals surface area contributed by atoms with Crippen LogP contribution in [0.15, 0.2) is 17.7 Å². The fourth-order valence-electron chi connectivity index (χ4n) is 2.50. The van der Waals surface area contributed by atoms with E-state index in [1.54, 1.807) is 6.92 Å². The second-order valence-electron chi connectivity index (χ2n) is 5.97. The van der Waals surface area contributed by atoms with Crippen LogP contribution < -0.4 is 0 Å². The molecule has 3 nitrogen and oxygen atoms in total. The van der Waals surface area contributed by atoms with E-state index < -0.39 is 17.2 Å². The van der Waals surface area contributed by atoms with Crippen molar-refractivity contribution in [2.45, 2.75) is 40.0 Å². The van der Waals surface area contributed by atoms with E-state index in [1.165, 1.54) is 19.1 Å². The van der Waals surface area contributed by atoms with Crippen LogP contribution in [0.4, 0.5) is 4.39 Å². The highest BCUT2D eigenvalue weighted by Crippen LogP contribution is 2.41. The number of halogens is 1. The quantitative estimate of drug-likeness (QED) is 0.736. The molecule has 106 valence electrons. The normalized spacial score (nSPS) is 14.6. The van der Waals surface area contributed by atoms with Crippen molar-refractivity contribution in [1.29, 1.82) is 0 Å². The minimum Gasteiger partial charge on any atom is -0.426 e. The minimum absolute atomic E-state index is 0.182. The maximum absolute atomic E-state index is 14.2. The monoisotopic (exact) mass is 276 g/mol. The Hall–Kier alpha value is -1.97. The SMILES string of the molecule is CC(=O)OC1=C(C)C(=O)c2ccc(F)c(C(C)(C)C)c21. The molecular weight excluding hydrogens is 259 g/mol. The van der Waals surface area contributed by atoms with Gasteiger partial charge in [-0.25, -0.2) is 4.39 Å². The number of hydrogen-bond donors (Lipinski definition) is 0. The molecule has 0 fully saturated rings. The minimum atomic E-state index is -0.524. The molecule has 0 amide bonds. The second-order valence-corrected chi connectivity index (χ2v) is 5.97. The number of fused-ring (bicyclic) bond motifs is 1. The average Bonchev–Trinajstić information content (AvgIpc) is 2.52. The van der Waals surface area contributed by atoms with Gasteiger partial charge in [-0.15, -0.1) is 0 Å². The molecule has 0 saturated carbocycles. The van der Waals surface area contributed by atoms with Crippen LogP contribution in [0, 0.1) is 5.82 Å². The molecule has 1 aromatic carbocycles. The van der Waals surface area contributed by atoms with E-state index in [4.69, 9.17) is 4.74 Å². The third-order valence-electron chi connectivity index (χ3n) is 3.30. The summed E-state index contributed by atoms with van der Waals surface area (Å²) in [5.41, 5.74) is 1.04. The molecule has 0 aliphatic heterocycles. The molecule has 0 N–H and O–H groups in total. The van der Waals surface area contributed by atoms with Crippen molar-refractivity contribution in [2.24, 2.45) is 0 Å². The number of benzene rings is 1. The predicted octanol–water partition coefficient (Wildman–Crippen LogP) is 3.61. The van der Waals surface area contributed by atoms with Crippen LogP contribution in [0.3, 0.4) is 0 Å². The molecule has 0 aromatic heterocycles. The summed E-state index contributed by atoms with van der Waals surface area (Å²) in [5, 5.41) is 0. The van der Waals surface area contributed by atoms with Gasteiger partial charge in [-0.3, -0.25) is 9.59 Å². The van der Waals surface area contributed by atoms with Gasteiger partial charge in [-0.1, -0.05) is 20.8 Å². The number of carbonyl (C=O) groups is 2. The fourth-order valence-corrected chi connectivity index (χ4v) is 2.50. The number of carbonyl (C=O) groups excluding carboxylic acids is 2. The third-order valence-corrected chi connectivity index (χ3v) is 3.30. The number of rotatable bonds is 1. The molecule has 0 bridgehead atoms. The maximum atomic E-state index is 14.2. The number of ketones is 1. The van der Waals surface area contributed by atoms with E-state index in [0.717, 1.165) is 0 Å². The molecule has 1 aliphatic rings. The first kappa shape index (κ1) is 14.4. The van der Waals surface area contributed by atoms with Crippen LogP contribution in [-0.4, -0.2) is 11.8 Å². The lowest BCUT2D eigenvalue weighted by Crippen LogP contribution is -2.18. The van der Waals surface area contributed by atoms with E-state index in [9.17, 15) is 14.0 Å². The van der Waals surface area contributed by atoms with Crippen LogP contribution in [0.25, 0.3) is 5.76 Å². The lowest BCUT2D eigenvalue weighted by Gasteiger charge is -2.24. The molecule has 0 saturated heterocycles. The number of Topliss-reactive ketones (excluding diaryl/α,β-unsaturated/α-hetero) is 1. The molecule has 1 aliphatic carbocycles. The molecule has 20 heavy (non-hydrogen) atoms. The standard InChI is InChI=1S/C16H17FO3/c1-8-14(19)10-6-7-11(17)13(16(3,4)5)12(10)15(8)20-9(2)18/h6-7H,1-5H3. The summed E-state index contributed by atoms with van der Waals surface area (Å²) in [6.45, 7) is 8.42. The molecule has 0 radical (unpaired) electrons. The van der Waals surface area contributed by atoms with Crippen LogP contribution in [0.5, 0.6) is 0 Å². The van der Waals surface area contributed by atoms with Gasteiger partial charge < -0.3 is 4.74 Å². The second kappa shape index (κ2) is 4.54. The van der Waals surface area contributed by atoms with E-state index in [1.807, 2.05) is 20.8 Å². The van der Waals surface area contributed by atoms with Gasteiger partial charge in [0.15, 0.2) is 5.78 Å². The predicted molar refractivity (Wildman–Crippen MR) is 73.8 cm³/mol. The number of esters is 1. The van der Waals surface area contributed by atoms with E-state index in [-0.39, 0.29) is 11.5 Å². The van der Waals surface area contributed by atoms with Gasteiger partial charge in [-0.05, 0) is 24.5 Å². The van der Waals surface area contributed by atoms with Crippen LogP contribution in [0.1, 0.15) is 56.1 Å². The average molecular weight is 276 g/mol.